The maximum atomic E-state index is 0. The molecule has 4 heavy (non-hydrogen) atoms. The second-order valence-corrected chi connectivity index (χ2v) is 0. The van der Waals surface area contributed by atoms with Crippen LogP contribution >= 0.6 is 9.90 Å². The molecule has 0 aromatic carbocycles. The summed E-state index contributed by atoms with van der Waals surface area (Å²) < 4.78 is 0. The zero-order valence-corrected chi connectivity index (χ0v) is 10.8. The molecule has 0 bridgehead atoms. The summed E-state index contributed by atoms with van der Waals surface area (Å²) in [6.45, 7) is 0. The van der Waals surface area contributed by atoms with Crippen LogP contribution in [0.1, 0.15) is 5.71 Å². The Kier molecular flexibility index (Phi) is 114. The van der Waals surface area contributed by atoms with E-state index in [9.17, 15) is 0 Å². The molecule has 0 saturated carbocycles. The Labute approximate surface area is 94.3 Å². The van der Waals surface area contributed by atoms with E-state index in [0.717, 1.165) is 0 Å². The monoisotopic (exact) mass is 166 g/mol. The summed E-state index contributed by atoms with van der Waals surface area (Å²) in [5.74, 6) is 0. The van der Waals surface area contributed by atoms with Crippen molar-refractivity contribution in [3.8, 4) is 0 Å². The number of hydrogen-bond donors (Lipinski definition) is 0. The molecule has 0 fully saturated rings. The van der Waals surface area contributed by atoms with Gasteiger partial charge in [0, 0.05) is 19.5 Å². The summed E-state index contributed by atoms with van der Waals surface area (Å²) in [6.07, 6.45) is 0. The van der Waals surface area contributed by atoms with Crippen molar-refractivity contribution in [2.24, 2.45) is 0 Å². The van der Waals surface area contributed by atoms with Crippen LogP contribution in [0.5, 0.6) is 0 Å². The summed E-state index contributed by atoms with van der Waals surface area (Å²) in [5.41, 5.74) is 0. The fraction of sp³-hybridized carbons (Fsp3) is 0. The van der Waals surface area contributed by atoms with Crippen molar-refractivity contribution in [1.29, 1.82) is 0 Å². The van der Waals surface area contributed by atoms with E-state index in [4.69, 9.17) is 0 Å². The fourth-order valence-electron chi connectivity index (χ4n) is 0. The van der Waals surface area contributed by atoms with Crippen LogP contribution < -0.4 is 0 Å². The Hall–Kier alpha value is 3.08. The fourth-order valence-corrected chi connectivity index (χ4v) is 0. The molecular formula is H7CaMgPZn. The standard InChI is InChI=1S/Ca.Mg.H3P.Zn.4H/h;;1H3;;;;;/q2*+2;;;4*-1. The number of rotatable bonds is 0. The van der Waals surface area contributed by atoms with Gasteiger partial charge in [0.2, 0.25) is 0 Å². The molecular weight excluding hydrogens is 161 g/mol. The minimum Gasteiger partial charge on any atom is -1.00 e. The quantitative estimate of drug-likeness (QED) is 0.345. The van der Waals surface area contributed by atoms with Crippen LogP contribution in [0.4, 0.5) is 0 Å². The molecule has 0 aliphatic carbocycles. The van der Waals surface area contributed by atoms with Gasteiger partial charge in [0.1, 0.15) is 0 Å². The third kappa shape index (κ3) is 8.91. The molecule has 4 heteroatoms. The van der Waals surface area contributed by atoms with E-state index in [-0.39, 0.29) is 95.9 Å². The minimum absolute atomic E-state index is 0. The van der Waals surface area contributed by atoms with Crippen LogP contribution in [0.25, 0.3) is 0 Å². The van der Waals surface area contributed by atoms with Crippen LogP contribution in [0.2, 0.25) is 0 Å². The van der Waals surface area contributed by atoms with Crippen molar-refractivity contribution in [3.05, 3.63) is 0 Å². The molecule has 0 rings (SSSR count). The molecule has 0 aliphatic rings. The molecule has 1 atom stereocenters. The zero-order valence-electron chi connectivity index (χ0n) is 6.83. The Balaban J connectivity index is 0. The average Bonchev–Trinajstić information content (AvgIpc) is 0. The van der Waals surface area contributed by atoms with Gasteiger partial charge in [-0.2, -0.15) is 9.90 Å². The first-order chi connectivity index (χ1) is 0. The predicted octanol–water partition coefficient (Wildman–Crippen LogP) is -0.256. The SMILES string of the molecule is P.[Ca+2].[H-].[H-].[H-].[H-].[Mg+2].[Zn]. The van der Waals surface area contributed by atoms with Crippen LogP contribution in [-0.2, 0) is 19.5 Å². The maximum Gasteiger partial charge on any atom is 2.00 e. The van der Waals surface area contributed by atoms with Crippen molar-refractivity contribution < 1.29 is 25.2 Å². The number of hydrogen-bond acceptors (Lipinski definition) is 0. The first-order valence-corrected chi connectivity index (χ1v) is 0. The van der Waals surface area contributed by atoms with Crippen molar-refractivity contribution in [2.75, 3.05) is 0 Å². The van der Waals surface area contributed by atoms with Gasteiger partial charge in [-0.05, 0) is 0 Å². The van der Waals surface area contributed by atoms with Crippen LogP contribution in [-0.4, -0.2) is 60.8 Å². The van der Waals surface area contributed by atoms with Crippen LogP contribution in [0, 0.1) is 0 Å². The molecule has 0 radical (unpaired) electrons. The molecule has 0 aromatic heterocycles. The summed E-state index contributed by atoms with van der Waals surface area (Å²) in [5, 5.41) is 0. The van der Waals surface area contributed by atoms with Crippen molar-refractivity contribution in [3.63, 3.8) is 0 Å². The summed E-state index contributed by atoms with van der Waals surface area (Å²) in [4.78, 5) is 0. The van der Waals surface area contributed by atoms with Gasteiger partial charge in [-0.3, -0.25) is 0 Å². The third-order valence-electron chi connectivity index (χ3n) is 0. The molecule has 0 spiro atoms. The second-order valence-electron chi connectivity index (χ2n) is 0. The van der Waals surface area contributed by atoms with Gasteiger partial charge >= 0.3 is 60.8 Å². The predicted molar refractivity (Wildman–Crippen MR) is 27.1 cm³/mol. The summed E-state index contributed by atoms with van der Waals surface area (Å²) >= 11 is 0. The third-order valence-corrected chi connectivity index (χ3v) is 0. The maximum absolute atomic E-state index is 0. The van der Waals surface area contributed by atoms with Gasteiger partial charge < -0.3 is 5.71 Å². The normalized spacial score (nSPS) is 0. The van der Waals surface area contributed by atoms with E-state index in [1.165, 1.54) is 0 Å². The molecule has 0 heterocycles. The summed E-state index contributed by atoms with van der Waals surface area (Å²) in [6, 6.07) is 0. The molecule has 0 aromatic rings. The van der Waals surface area contributed by atoms with Gasteiger partial charge in [0.25, 0.3) is 0 Å². The summed E-state index contributed by atoms with van der Waals surface area (Å²) in [7, 11) is 0. The Morgan fingerprint density at radius 3 is 1.25 bits per heavy atom. The molecule has 0 saturated heterocycles. The van der Waals surface area contributed by atoms with Gasteiger partial charge in [-0.1, -0.05) is 0 Å². The Morgan fingerprint density at radius 2 is 1.25 bits per heavy atom. The van der Waals surface area contributed by atoms with E-state index >= 15 is 0 Å². The molecule has 0 nitrogen and oxygen atoms in total. The zero-order chi connectivity index (χ0) is 0. The van der Waals surface area contributed by atoms with Gasteiger partial charge in [0.05, 0.1) is 0 Å². The van der Waals surface area contributed by atoms with Crippen LogP contribution in [0.15, 0.2) is 0 Å². The van der Waals surface area contributed by atoms with Crippen LogP contribution in [0.3, 0.4) is 0 Å². The molecule has 0 N–H and O–H groups in total. The molecule has 0 aliphatic heterocycles. The van der Waals surface area contributed by atoms with E-state index < -0.39 is 0 Å². The van der Waals surface area contributed by atoms with E-state index in [2.05, 4.69) is 0 Å². The first-order valence-electron chi connectivity index (χ1n) is 0. The van der Waals surface area contributed by atoms with E-state index in [1.807, 2.05) is 0 Å². The van der Waals surface area contributed by atoms with Crippen molar-refractivity contribution in [2.45, 2.75) is 0 Å². The Morgan fingerprint density at radius 1 is 1.25 bits per heavy atom. The van der Waals surface area contributed by atoms with E-state index in [0.29, 0.717) is 0 Å². The molecule has 0 amide bonds. The minimum atomic E-state index is 0. The van der Waals surface area contributed by atoms with Crippen molar-refractivity contribution in [1.82, 2.24) is 0 Å². The average molecular weight is 168 g/mol. The largest absolute Gasteiger partial charge is 2.00 e. The topological polar surface area (TPSA) is 0 Å². The first kappa shape index (κ1) is 27.6. The Bertz CT molecular complexity index is 16.0. The molecule has 18 valence electrons. The smallest absolute Gasteiger partial charge is 1.00 e. The molecule has 1 unspecified atom stereocenters. The van der Waals surface area contributed by atoms with Gasteiger partial charge in [-0.25, -0.2) is 0 Å². The second kappa shape index (κ2) is 16.5. The van der Waals surface area contributed by atoms with E-state index in [1.54, 1.807) is 0 Å². The van der Waals surface area contributed by atoms with Gasteiger partial charge in [0.15, 0.2) is 0 Å². The van der Waals surface area contributed by atoms with Gasteiger partial charge in [-0.15, -0.1) is 0 Å². The van der Waals surface area contributed by atoms with Crippen molar-refractivity contribution >= 4 is 70.7 Å².